The van der Waals surface area contributed by atoms with Crippen LogP contribution in [0.2, 0.25) is 0 Å². The molecule has 0 N–H and O–H groups in total. The van der Waals surface area contributed by atoms with E-state index in [4.69, 9.17) is 0 Å². The molecule has 0 radical (unpaired) electrons. The quantitative estimate of drug-likeness (QED) is 0.785. The van der Waals surface area contributed by atoms with E-state index >= 15 is 0 Å². The zero-order chi connectivity index (χ0) is 13.5. The van der Waals surface area contributed by atoms with E-state index in [-0.39, 0.29) is 0 Å². The van der Waals surface area contributed by atoms with Gasteiger partial charge in [-0.25, -0.2) is 4.99 Å². The molecule has 0 saturated carbocycles. The first-order valence-electron chi connectivity index (χ1n) is 6.61. The Balaban J connectivity index is 1.96. The van der Waals surface area contributed by atoms with Crippen molar-refractivity contribution in [3.63, 3.8) is 0 Å². The smallest absolute Gasteiger partial charge is 0.153 e. The lowest BCUT2D eigenvalue weighted by atomic mass is 10.0. The molecule has 98 valence electrons. The first-order chi connectivity index (χ1) is 9.25. The molecule has 0 aliphatic carbocycles. The number of nitrogens with zero attached hydrogens (tertiary/aromatic N) is 3. The Hall–Kier alpha value is -2.03. The fourth-order valence-electron chi connectivity index (χ4n) is 1.86. The molecule has 0 fully saturated rings. The molecular weight excluding hydrogens is 234 g/mol. The average molecular weight is 253 g/mol. The number of allylic oxidation sites excluding steroid dienone is 2. The molecule has 1 aromatic carbocycles. The number of rotatable bonds is 4. The molecular formula is C16H19N3. The van der Waals surface area contributed by atoms with Crippen molar-refractivity contribution in [3.8, 4) is 0 Å². The van der Waals surface area contributed by atoms with Gasteiger partial charge in [-0.15, -0.1) is 5.10 Å². The Morgan fingerprint density at radius 1 is 1.16 bits per heavy atom. The minimum Gasteiger partial charge on any atom is -0.239 e. The van der Waals surface area contributed by atoms with Gasteiger partial charge in [-0.3, -0.25) is 0 Å². The van der Waals surface area contributed by atoms with Gasteiger partial charge >= 0.3 is 0 Å². The zero-order valence-corrected chi connectivity index (χ0v) is 11.5. The Labute approximate surface area is 114 Å². The largest absolute Gasteiger partial charge is 0.239 e. The van der Waals surface area contributed by atoms with Crippen LogP contribution in [-0.4, -0.2) is 18.3 Å². The van der Waals surface area contributed by atoms with E-state index in [1.165, 1.54) is 5.56 Å². The standard InChI is InChI=1S/C16H19N3/c1-13-10-11-18-19-16(17-12-13)14(2)8-9-15-6-4-3-5-7-15/h3-7,10-12,14H,8-9H2,1-2H3/b11-10?,13-10?,13-12?,17-12?,17-16?,18-11+,19-16-,19-18?. The summed E-state index contributed by atoms with van der Waals surface area (Å²) < 4.78 is 0. The summed E-state index contributed by atoms with van der Waals surface area (Å²) in [7, 11) is 0. The highest BCUT2D eigenvalue weighted by Crippen LogP contribution is 2.13. The van der Waals surface area contributed by atoms with Crippen molar-refractivity contribution >= 4 is 18.3 Å². The van der Waals surface area contributed by atoms with Crippen molar-refractivity contribution in [1.82, 2.24) is 0 Å². The van der Waals surface area contributed by atoms with Gasteiger partial charge in [0, 0.05) is 18.3 Å². The molecule has 0 spiro atoms. The minimum atomic E-state index is 0.305. The summed E-state index contributed by atoms with van der Waals surface area (Å²) in [6.07, 6.45) is 7.53. The third kappa shape index (κ3) is 4.28. The third-order valence-corrected chi connectivity index (χ3v) is 3.11. The molecule has 19 heavy (non-hydrogen) atoms. The van der Waals surface area contributed by atoms with E-state index in [0.29, 0.717) is 5.92 Å². The monoisotopic (exact) mass is 253 g/mol. The van der Waals surface area contributed by atoms with Crippen LogP contribution in [0.1, 0.15) is 25.8 Å². The van der Waals surface area contributed by atoms with Gasteiger partial charge in [-0.05, 0) is 37.0 Å². The van der Waals surface area contributed by atoms with Crippen LogP contribution in [-0.2, 0) is 6.42 Å². The van der Waals surface area contributed by atoms with Gasteiger partial charge in [0.1, 0.15) is 0 Å². The Kier molecular flexibility index (Phi) is 4.78. The van der Waals surface area contributed by atoms with Crippen molar-refractivity contribution in [2.45, 2.75) is 26.7 Å². The van der Waals surface area contributed by atoms with Gasteiger partial charge in [-0.1, -0.05) is 37.3 Å². The molecule has 3 nitrogen and oxygen atoms in total. The van der Waals surface area contributed by atoms with Crippen molar-refractivity contribution < 1.29 is 0 Å². The Morgan fingerprint density at radius 2 is 1.95 bits per heavy atom. The van der Waals surface area contributed by atoms with Crippen molar-refractivity contribution in [1.29, 1.82) is 0 Å². The SMILES string of the molecule is CC1=C/C=N/N=C(/C(C)CCc2ccccc2)N=C1. The van der Waals surface area contributed by atoms with E-state index in [2.05, 4.69) is 46.4 Å². The van der Waals surface area contributed by atoms with Crippen LogP contribution >= 0.6 is 0 Å². The van der Waals surface area contributed by atoms with Gasteiger partial charge in [0.25, 0.3) is 0 Å². The summed E-state index contributed by atoms with van der Waals surface area (Å²) in [6.45, 7) is 4.16. The summed E-state index contributed by atoms with van der Waals surface area (Å²) in [5.41, 5.74) is 2.44. The van der Waals surface area contributed by atoms with Crippen LogP contribution in [0.25, 0.3) is 0 Å². The third-order valence-electron chi connectivity index (χ3n) is 3.11. The summed E-state index contributed by atoms with van der Waals surface area (Å²) in [4.78, 5) is 4.42. The van der Waals surface area contributed by atoms with Crippen LogP contribution in [0.15, 0.2) is 57.2 Å². The molecule has 0 saturated heterocycles. The van der Waals surface area contributed by atoms with E-state index in [9.17, 15) is 0 Å². The van der Waals surface area contributed by atoms with E-state index in [0.717, 1.165) is 24.3 Å². The molecule has 1 atom stereocenters. The van der Waals surface area contributed by atoms with Gasteiger partial charge in [0.15, 0.2) is 5.84 Å². The maximum absolute atomic E-state index is 4.42. The van der Waals surface area contributed by atoms with Gasteiger partial charge in [0.2, 0.25) is 0 Å². The number of hydrogen-bond donors (Lipinski definition) is 0. The molecule has 2 rings (SSSR count). The van der Waals surface area contributed by atoms with Crippen molar-refractivity contribution in [2.75, 3.05) is 0 Å². The second-order valence-electron chi connectivity index (χ2n) is 4.82. The Bertz CT molecular complexity index is 524. The lowest BCUT2D eigenvalue weighted by molar-refractivity contribution is 0.675. The molecule has 1 aliphatic rings. The highest BCUT2D eigenvalue weighted by Gasteiger charge is 2.10. The zero-order valence-electron chi connectivity index (χ0n) is 11.5. The van der Waals surface area contributed by atoms with Crippen LogP contribution in [0, 0.1) is 5.92 Å². The van der Waals surface area contributed by atoms with E-state index in [1.807, 2.05) is 25.3 Å². The summed E-state index contributed by atoms with van der Waals surface area (Å²) in [5, 5.41) is 8.19. The number of hydrogen-bond acceptors (Lipinski definition) is 3. The molecule has 0 aromatic heterocycles. The molecule has 0 bridgehead atoms. The summed E-state index contributed by atoms with van der Waals surface area (Å²) in [6, 6.07) is 10.5. The van der Waals surface area contributed by atoms with Crippen LogP contribution < -0.4 is 0 Å². The highest BCUT2D eigenvalue weighted by atomic mass is 15.2. The van der Waals surface area contributed by atoms with Gasteiger partial charge in [0.05, 0.1) is 0 Å². The normalized spacial score (nSPS) is 20.7. The molecule has 3 heteroatoms. The Morgan fingerprint density at radius 3 is 2.74 bits per heavy atom. The van der Waals surface area contributed by atoms with E-state index in [1.54, 1.807) is 6.21 Å². The van der Waals surface area contributed by atoms with Crippen LogP contribution in [0.4, 0.5) is 0 Å². The number of benzene rings is 1. The van der Waals surface area contributed by atoms with Crippen LogP contribution in [0.5, 0.6) is 0 Å². The number of aryl methyl sites for hydroxylation is 1. The topological polar surface area (TPSA) is 37.1 Å². The van der Waals surface area contributed by atoms with Gasteiger partial charge < -0.3 is 0 Å². The van der Waals surface area contributed by atoms with Gasteiger partial charge in [-0.2, -0.15) is 5.10 Å². The van der Waals surface area contributed by atoms with Crippen molar-refractivity contribution in [3.05, 3.63) is 47.5 Å². The number of aliphatic imine (C=N–C) groups is 1. The molecule has 1 unspecified atom stereocenters. The summed E-state index contributed by atoms with van der Waals surface area (Å²) >= 11 is 0. The highest BCUT2D eigenvalue weighted by molar-refractivity contribution is 5.98. The van der Waals surface area contributed by atoms with Crippen LogP contribution in [0.3, 0.4) is 0 Å². The maximum Gasteiger partial charge on any atom is 0.153 e. The first kappa shape index (κ1) is 13.4. The molecule has 0 amide bonds. The second kappa shape index (κ2) is 6.78. The summed E-state index contributed by atoms with van der Waals surface area (Å²) in [5.74, 6) is 1.11. The lowest BCUT2D eigenvalue weighted by Gasteiger charge is -2.10. The predicted molar refractivity (Wildman–Crippen MR) is 82.1 cm³/mol. The fourth-order valence-corrected chi connectivity index (χ4v) is 1.86. The van der Waals surface area contributed by atoms with E-state index < -0.39 is 0 Å². The average Bonchev–Trinajstić information content (AvgIpc) is 2.42. The predicted octanol–water partition coefficient (Wildman–Crippen LogP) is 3.67. The fraction of sp³-hybridized carbons (Fsp3) is 0.312. The molecule has 1 heterocycles. The molecule has 1 aromatic rings. The second-order valence-corrected chi connectivity index (χ2v) is 4.82. The minimum absolute atomic E-state index is 0.305. The van der Waals surface area contributed by atoms with Crippen molar-refractivity contribution in [2.24, 2.45) is 21.1 Å². The lowest BCUT2D eigenvalue weighted by Crippen LogP contribution is -2.10. The maximum atomic E-state index is 4.42. The first-order valence-corrected chi connectivity index (χ1v) is 6.61. The number of amidine groups is 1. The molecule has 1 aliphatic heterocycles.